The van der Waals surface area contributed by atoms with Gasteiger partial charge in [0.1, 0.15) is 18.0 Å². The molecule has 1 fully saturated rings. The van der Waals surface area contributed by atoms with Gasteiger partial charge in [0.25, 0.3) is 0 Å². The minimum atomic E-state index is -4.47. The van der Waals surface area contributed by atoms with Gasteiger partial charge in [0.05, 0.1) is 18.5 Å². The molecule has 2 amide bonds. The summed E-state index contributed by atoms with van der Waals surface area (Å²) < 4.78 is 40.7. The normalized spacial score (nSPS) is 21.2. The van der Waals surface area contributed by atoms with E-state index in [1.54, 1.807) is 12.1 Å². The molecular formula is C18H22F3N5O4. The molecule has 0 radical (unpaired) electrons. The first kappa shape index (κ1) is 23.3. The molecule has 3 rings (SSSR count). The van der Waals surface area contributed by atoms with Crippen molar-refractivity contribution >= 4 is 17.5 Å². The van der Waals surface area contributed by atoms with Crippen molar-refractivity contribution in [2.75, 3.05) is 24.2 Å². The third-order valence-electron chi connectivity index (χ3n) is 3.96. The first-order chi connectivity index (χ1) is 14.2. The first-order valence-electron chi connectivity index (χ1n) is 8.89. The zero-order valence-corrected chi connectivity index (χ0v) is 15.7. The van der Waals surface area contributed by atoms with E-state index in [-0.39, 0.29) is 18.4 Å². The summed E-state index contributed by atoms with van der Waals surface area (Å²) in [5.41, 5.74) is 4.60. The Morgan fingerprint density at radius 2 is 1.93 bits per heavy atom. The average Bonchev–Trinajstić information content (AvgIpc) is 2.70. The van der Waals surface area contributed by atoms with E-state index in [0.29, 0.717) is 24.9 Å². The van der Waals surface area contributed by atoms with Gasteiger partial charge in [-0.3, -0.25) is 4.98 Å². The van der Waals surface area contributed by atoms with Crippen LogP contribution in [0.2, 0.25) is 0 Å². The van der Waals surface area contributed by atoms with Crippen LogP contribution in [0.1, 0.15) is 12.1 Å². The van der Waals surface area contributed by atoms with E-state index in [4.69, 9.17) is 10.5 Å². The Kier molecular flexibility index (Phi) is 8.33. The van der Waals surface area contributed by atoms with Crippen molar-refractivity contribution in [3.05, 3.63) is 48.4 Å². The van der Waals surface area contributed by atoms with Crippen molar-refractivity contribution in [2.24, 2.45) is 0 Å². The van der Waals surface area contributed by atoms with Crippen LogP contribution in [0.3, 0.4) is 0 Å². The number of hydrogen-bond acceptors (Lipinski definition) is 7. The minimum Gasteiger partial charge on any atom is -0.390 e. The van der Waals surface area contributed by atoms with Crippen molar-refractivity contribution in [1.82, 2.24) is 15.3 Å². The predicted molar refractivity (Wildman–Crippen MR) is 101 cm³/mol. The SMILES string of the molecule is Nc1cncc(C(F)(F)F)n1.O=C(NCC1OCCC(O)C1O)Nc1ccccc1. The number of nitrogens with two attached hydrogens (primary N) is 1. The highest BCUT2D eigenvalue weighted by molar-refractivity contribution is 5.89. The van der Waals surface area contributed by atoms with Gasteiger partial charge in [0, 0.05) is 18.8 Å². The van der Waals surface area contributed by atoms with Gasteiger partial charge in [-0.2, -0.15) is 13.2 Å². The first-order valence-corrected chi connectivity index (χ1v) is 8.89. The molecule has 3 atom stereocenters. The summed E-state index contributed by atoms with van der Waals surface area (Å²) in [5.74, 6) is -0.236. The Morgan fingerprint density at radius 3 is 2.53 bits per heavy atom. The third kappa shape index (κ3) is 7.46. The van der Waals surface area contributed by atoms with E-state index in [2.05, 4.69) is 20.6 Å². The fourth-order valence-electron chi connectivity index (χ4n) is 2.44. The lowest BCUT2D eigenvalue weighted by atomic mass is 10.0. The Morgan fingerprint density at radius 1 is 1.23 bits per heavy atom. The van der Waals surface area contributed by atoms with Crippen LogP contribution in [0, 0.1) is 0 Å². The molecule has 1 aliphatic rings. The molecule has 0 aliphatic carbocycles. The van der Waals surface area contributed by atoms with Gasteiger partial charge < -0.3 is 31.3 Å². The van der Waals surface area contributed by atoms with Crippen molar-refractivity contribution in [3.63, 3.8) is 0 Å². The summed E-state index contributed by atoms with van der Waals surface area (Å²) >= 11 is 0. The highest BCUT2D eigenvalue weighted by Crippen LogP contribution is 2.26. The molecule has 164 valence electrons. The van der Waals surface area contributed by atoms with Crippen molar-refractivity contribution in [1.29, 1.82) is 0 Å². The molecule has 9 nitrogen and oxygen atoms in total. The van der Waals surface area contributed by atoms with E-state index in [1.165, 1.54) is 0 Å². The Hall–Kier alpha value is -2.96. The number of aromatic nitrogens is 2. The van der Waals surface area contributed by atoms with Crippen LogP contribution >= 0.6 is 0 Å². The lowest BCUT2D eigenvalue weighted by Gasteiger charge is -2.32. The highest BCUT2D eigenvalue weighted by Gasteiger charge is 2.33. The molecule has 3 unspecified atom stereocenters. The van der Waals surface area contributed by atoms with Crippen LogP contribution in [-0.2, 0) is 10.9 Å². The maximum atomic E-state index is 11.8. The Bertz CT molecular complexity index is 810. The van der Waals surface area contributed by atoms with Gasteiger partial charge in [0.15, 0.2) is 5.69 Å². The van der Waals surface area contributed by atoms with Gasteiger partial charge in [0.2, 0.25) is 0 Å². The number of alkyl halides is 3. The standard InChI is InChI=1S/C13H18N2O4.C5H4F3N3/c16-10-6-7-19-11(12(10)17)8-14-13(18)15-9-4-2-1-3-5-9;6-5(7,8)3-1-10-2-4(9)11-3/h1-5,10-12,16-17H,6-8H2,(H2,14,15,18);1-2H,(H2,9,11). The number of ether oxygens (including phenoxy) is 1. The van der Waals surface area contributed by atoms with Gasteiger partial charge >= 0.3 is 12.2 Å². The molecule has 6 N–H and O–H groups in total. The van der Waals surface area contributed by atoms with Crippen LogP contribution in [-0.4, -0.2) is 57.7 Å². The fourth-order valence-corrected chi connectivity index (χ4v) is 2.44. The van der Waals surface area contributed by atoms with Crippen molar-refractivity contribution in [2.45, 2.75) is 30.9 Å². The Balaban J connectivity index is 0.000000248. The number of nitrogens with one attached hydrogen (secondary N) is 2. The summed E-state index contributed by atoms with van der Waals surface area (Å²) in [4.78, 5) is 17.9. The molecule has 0 saturated carbocycles. The topological polar surface area (TPSA) is 143 Å². The van der Waals surface area contributed by atoms with Gasteiger partial charge in [-0.25, -0.2) is 9.78 Å². The molecule has 2 heterocycles. The molecular weight excluding hydrogens is 407 g/mol. The van der Waals surface area contributed by atoms with Gasteiger partial charge in [-0.1, -0.05) is 18.2 Å². The molecule has 1 aromatic carbocycles. The number of nitrogens with zero attached hydrogens (tertiary/aromatic N) is 2. The molecule has 2 aromatic rings. The highest BCUT2D eigenvalue weighted by atomic mass is 19.4. The van der Waals surface area contributed by atoms with Gasteiger partial charge in [-0.05, 0) is 18.6 Å². The Labute approximate surface area is 170 Å². The molecule has 0 spiro atoms. The van der Waals surface area contributed by atoms with E-state index >= 15 is 0 Å². The molecule has 1 saturated heterocycles. The zero-order valence-electron chi connectivity index (χ0n) is 15.7. The number of urea groups is 1. The second-order valence-electron chi connectivity index (χ2n) is 6.28. The molecule has 1 aliphatic heterocycles. The summed E-state index contributed by atoms with van der Waals surface area (Å²) in [5, 5.41) is 24.4. The number of amides is 2. The maximum Gasteiger partial charge on any atom is 0.434 e. The number of carbonyl (C=O) groups excluding carboxylic acids is 1. The quantitative estimate of drug-likeness (QED) is 0.496. The minimum absolute atomic E-state index is 0.150. The third-order valence-corrected chi connectivity index (χ3v) is 3.96. The maximum absolute atomic E-state index is 11.8. The molecule has 30 heavy (non-hydrogen) atoms. The number of benzene rings is 1. The van der Waals surface area contributed by atoms with Crippen molar-refractivity contribution in [3.8, 4) is 0 Å². The predicted octanol–water partition coefficient (Wildman–Crippen LogP) is 1.40. The van der Waals surface area contributed by atoms with Crippen LogP contribution in [0.5, 0.6) is 0 Å². The number of carbonyl (C=O) groups is 1. The number of hydrogen-bond donors (Lipinski definition) is 5. The van der Waals surface area contributed by atoms with E-state index < -0.39 is 30.2 Å². The monoisotopic (exact) mass is 429 g/mol. The van der Waals surface area contributed by atoms with Crippen LogP contribution < -0.4 is 16.4 Å². The summed E-state index contributed by atoms with van der Waals surface area (Å²) in [6.45, 7) is 0.530. The van der Waals surface area contributed by atoms with E-state index in [0.717, 1.165) is 6.20 Å². The van der Waals surface area contributed by atoms with E-state index in [9.17, 15) is 28.2 Å². The second kappa shape index (κ2) is 10.7. The number of nitrogen functional groups attached to an aromatic ring is 1. The van der Waals surface area contributed by atoms with E-state index in [1.807, 2.05) is 18.2 Å². The largest absolute Gasteiger partial charge is 0.434 e. The molecule has 0 bridgehead atoms. The van der Waals surface area contributed by atoms with Crippen LogP contribution in [0.15, 0.2) is 42.7 Å². The number of para-hydroxylation sites is 1. The lowest BCUT2D eigenvalue weighted by Crippen LogP contribution is -2.50. The second-order valence-corrected chi connectivity index (χ2v) is 6.28. The van der Waals surface area contributed by atoms with Crippen LogP contribution in [0.25, 0.3) is 0 Å². The van der Waals surface area contributed by atoms with Gasteiger partial charge in [-0.15, -0.1) is 0 Å². The van der Waals surface area contributed by atoms with Crippen LogP contribution in [0.4, 0.5) is 29.5 Å². The number of rotatable bonds is 3. The summed E-state index contributed by atoms with van der Waals surface area (Å²) in [6, 6.07) is 8.67. The number of anilines is 2. The lowest BCUT2D eigenvalue weighted by molar-refractivity contribution is -0.141. The molecule has 12 heteroatoms. The number of aliphatic hydroxyl groups excluding tert-OH is 2. The number of aliphatic hydroxyl groups is 2. The smallest absolute Gasteiger partial charge is 0.390 e. The van der Waals surface area contributed by atoms with Crippen molar-refractivity contribution < 1.29 is 32.9 Å². The fraction of sp³-hybridized carbons (Fsp3) is 0.389. The average molecular weight is 429 g/mol. The zero-order chi connectivity index (χ0) is 22.1. The molecule has 1 aromatic heterocycles. The summed E-state index contributed by atoms with van der Waals surface area (Å²) in [7, 11) is 0. The summed E-state index contributed by atoms with van der Waals surface area (Å²) in [6.07, 6.45) is -4.73. The number of halogens is 3.